The molecule has 1 aliphatic rings. The van der Waals surface area contributed by atoms with E-state index < -0.39 is 5.97 Å². The predicted octanol–water partition coefficient (Wildman–Crippen LogP) is -0.556. The van der Waals surface area contributed by atoms with Gasteiger partial charge in [0.2, 0.25) is 5.91 Å². The molecule has 110 valence electrons. The van der Waals surface area contributed by atoms with Crippen LogP contribution in [0.3, 0.4) is 0 Å². The zero-order chi connectivity index (χ0) is 14.1. The van der Waals surface area contributed by atoms with E-state index in [1.807, 2.05) is 0 Å². The molecule has 0 aromatic rings. The van der Waals surface area contributed by atoms with Crippen LogP contribution in [0.1, 0.15) is 19.3 Å². The van der Waals surface area contributed by atoms with E-state index in [-0.39, 0.29) is 31.6 Å². The van der Waals surface area contributed by atoms with Crippen molar-refractivity contribution in [3.63, 3.8) is 0 Å². The molecule has 1 rings (SSSR count). The third-order valence-electron chi connectivity index (χ3n) is 2.95. The lowest BCUT2D eigenvalue weighted by molar-refractivity contribution is -0.140. The van der Waals surface area contributed by atoms with Gasteiger partial charge in [0.15, 0.2) is 0 Å². The third kappa shape index (κ3) is 6.51. The van der Waals surface area contributed by atoms with Crippen molar-refractivity contribution < 1.29 is 24.2 Å². The van der Waals surface area contributed by atoms with Crippen LogP contribution in [0.5, 0.6) is 0 Å². The van der Waals surface area contributed by atoms with Gasteiger partial charge in [0.25, 0.3) is 0 Å². The number of hydrogen-bond donors (Lipinski definition) is 2. The summed E-state index contributed by atoms with van der Waals surface area (Å²) in [6.45, 7) is 2.35. The van der Waals surface area contributed by atoms with Crippen LogP contribution in [0.4, 0.5) is 0 Å². The van der Waals surface area contributed by atoms with Gasteiger partial charge in [0.05, 0.1) is 25.7 Å². The summed E-state index contributed by atoms with van der Waals surface area (Å²) in [5, 5.41) is 8.50. The summed E-state index contributed by atoms with van der Waals surface area (Å²) in [7, 11) is 0. The number of carboxylic acid groups (broad SMARTS) is 1. The van der Waals surface area contributed by atoms with Gasteiger partial charge < -0.3 is 25.2 Å². The number of carbonyl (C=O) groups is 2. The SMILES string of the molecule is NCCOCC(=O)N1CCC(OCCC(=O)O)CC1. The van der Waals surface area contributed by atoms with Crippen LogP contribution in [-0.2, 0) is 19.1 Å². The molecule has 19 heavy (non-hydrogen) atoms. The lowest BCUT2D eigenvalue weighted by Crippen LogP contribution is -2.42. The van der Waals surface area contributed by atoms with E-state index in [1.54, 1.807) is 4.90 Å². The molecular weight excluding hydrogens is 252 g/mol. The molecule has 0 aromatic heterocycles. The number of aliphatic carboxylic acids is 1. The van der Waals surface area contributed by atoms with Crippen molar-refractivity contribution in [2.75, 3.05) is 39.5 Å². The Hall–Kier alpha value is -1.18. The maximum Gasteiger partial charge on any atom is 0.305 e. The van der Waals surface area contributed by atoms with Gasteiger partial charge in [-0.15, -0.1) is 0 Å². The van der Waals surface area contributed by atoms with Gasteiger partial charge in [0.1, 0.15) is 6.61 Å². The van der Waals surface area contributed by atoms with Crippen molar-refractivity contribution in [3.8, 4) is 0 Å². The van der Waals surface area contributed by atoms with Crippen LogP contribution in [0.15, 0.2) is 0 Å². The van der Waals surface area contributed by atoms with Gasteiger partial charge in [-0.3, -0.25) is 9.59 Å². The Bertz CT molecular complexity index is 290. The van der Waals surface area contributed by atoms with Gasteiger partial charge in [-0.1, -0.05) is 0 Å². The summed E-state index contributed by atoms with van der Waals surface area (Å²) in [4.78, 5) is 23.8. The van der Waals surface area contributed by atoms with Gasteiger partial charge in [-0.2, -0.15) is 0 Å². The first kappa shape index (κ1) is 15.9. The third-order valence-corrected chi connectivity index (χ3v) is 2.95. The lowest BCUT2D eigenvalue weighted by atomic mass is 10.1. The van der Waals surface area contributed by atoms with Crippen LogP contribution < -0.4 is 5.73 Å². The number of rotatable bonds is 8. The lowest BCUT2D eigenvalue weighted by Gasteiger charge is -2.31. The molecule has 0 unspecified atom stereocenters. The average molecular weight is 274 g/mol. The highest BCUT2D eigenvalue weighted by molar-refractivity contribution is 5.77. The number of likely N-dealkylation sites (tertiary alicyclic amines) is 1. The average Bonchev–Trinajstić information content (AvgIpc) is 2.39. The highest BCUT2D eigenvalue weighted by Gasteiger charge is 2.23. The van der Waals surface area contributed by atoms with Crippen molar-refractivity contribution >= 4 is 11.9 Å². The Morgan fingerprint density at radius 3 is 2.53 bits per heavy atom. The monoisotopic (exact) mass is 274 g/mol. The summed E-state index contributed by atoms with van der Waals surface area (Å²) in [6, 6.07) is 0. The number of ether oxygens (including phenoxy) is 2. The first-order valence-corrected chi connectivity index (χ1v) is 6.52. The van der Waals surface area contributed by atoms with E-state index in [2.05, 4.69) is 0 Å². The summed E-state index contributed by atoms with van der Waals surface area (Å²) < 4.78 is 10.6. The minimum atomic E-state index is -0.857. The largest absolute Gasteiger partial charge is 0.481 e. The second-order valence-corrected chi connectivity index (χ2v) is 4.44. The first-order valence-electron chi connectivity index (χ1n) is 6.52. The molecule has 0 bridgehead atoms. The van der Waals surface area contributed by atoms with Crippen LogP contribution in [0, 0.1) is 0 Å². The molecule has 0 aliphatic carbocycles. The summed E-state index contributed by atoms with van der Waals surface area (Å²) >= 11 is 0. The van der Waals surface area contributed by atoms with Crippen molar-refractivity contribution in [2.45, 2.75) is 25.4 Å². The zero-order valence-electron chi connectivity index (χ0n) is 11.0. The van der Waals surface area contributed by atoms with Gasteiger partial charge in [-0.25, -0.2) is 0 Å². The second-order valence-electron chi connectivity index (χ2n) is 4.44. The predicted molar refractivity (Wildman–Crippen MR) is 67.7 cm³/mol. The molecule has 1 saturated heterocycles. The topological polar surface area (TPSA) is 102 Å². The van der Waals surface area contributed by atoms with Gasteiger partial charge in [-0.05, 0) is 12.8 Å². The fourth-order valence-electron chi connectivity index (χ4n) is 1.92. The number of nitrogens with two attached hydrogens (primary N) is 1. The first-order chi connectivity index (χ1) is 9.13. The van der Waals surface area contributed by atoms with Crippen molar-refractivity contribution in [1.29, 1.82) is 0 Å². The van der Waals surface area contributed by atoms with Gasteiger partial charge in [0, 0.05) is 19.6 Å². The van der Waals surface area contributed by atoms with E-state index in [9.17, 15) is 9.59 Å². The molecule has 0 radical (unpaired) electrons. The molecule has 1 aliphatic heterocycles. The molecule has 7 nitrogen and oxygen atoms in total. The zero-order valence-corrected chi connectivity index (χ0v) is 11.0. The van der Waals surface area contributed by atoms with E-state index in [0.29, 0.717) is 26.2 Å². The van der Waals surface area contributed by atoms with Crippen LogP contribution in [0.2, 0.25) is 0 Å². The van der Waals surface area contributed by atoms with E-state index in [4.69, 9.17) is 20.3 Å². The quantitative estimate of drug-likeness (QED) is 0.575. The molecule has 0 atom stereocenters. The highest BCUT2D eigenvalue weighted by atomic mass is 16.5. The summed E-state index contributed by atoms with van der Waals surface area (Å²) in [5.74, 6) is -0.887. The van der Waals surface area contributed by atoms with Crippen molar-refractivity contribution in [1.82, 2.24) is 4.90 Å². The maximum atomic E-state index is 11.7. The number of hydrogen-bond acceptors (Lipinski definition) is 5. The molecule has 0 saturated carbocycles. The van der Waals surface area contributed by atoms with Crippen molar-refractivity contribution in [2.24, 2.45) is 5.73 Å². The number of carbonyl (C=O) groups excluding carboxylic acids is 1. The summed E-state index contributed by atoms with van der Waals surface area (Å²) in [6.07, 6.45) is 1.55. The maximum absolute atomic E-state index is 11.7. The molecule has 0 aromatic carbocycles. The van der Waals surface area contributed by atoms with E-state index >= 15 is 0 Å². The minimum absolute atomic E-state index is 0.0199. The van der Waals surface area contributed by atoms with Crippen LogP contribution in [0.25, 0.3) is 0 Å². The molecule has 0 spiro atoms. The standard InChI is InChI=1S/C12H22N2O5/c13-4-8-18-9-11(15)14-5-1-10(2-6-14)19-7-3-12(16)17/h10H,1-9,13H2,(H,16,17). The van der Waals surface area contributed by atoms with E-state index in [1.165, 1.54) is 0 Å². The Labute approximate surface area is 112 Å². The smallest absolute Gasteiger partial charge is 0.305 e. The molecule has 7 heteroatoms. The Balaban J connectivity index is 2.14. The number of nitrogens with zero attached hydrogens (tertiary/aromatic N) is 1. The molecule has 3 N–H and O–H groups in total. The van der Waals surface area contributed by atoms with Crippen molar-refractivity contribution in [3.05, 3.63) is 0 Å². The van der Waals surface area contributed by atoms with Crippen LogP contribution >= 0.6 is 0 Å². The Kier molecular flexibility index (Phi) is 7.39. The Morgan fingerprint density at radius 2 is 1.95 bits per heavy atom. The molecule has 1 fully saturated rings. The molecule has 1 amide bonds. The second kappa shape index (κ2) is 8.84. The van der Waals surface area contributed by atoms with E-state index in [0.717, 1.165) is 12.8 Å². The minimum Gasteiger partial charge on any atom is -0.481 e. The number of piperidine rings is 1. The molecular formula is C12H22N2O5. The fourth-order valence-corrected chi connectivity index (χ4v) is 1.92. The number of carboxylic acids is 1. The normalized spacial score (nSPS) is 16.6. The number of amides is 1. The Morgan fingerprint density at radius 1 is 1.26 bits per heavy atom. The fraction of sp³-hybridized carbons (Fsp3) is 0.833. The van der Waals surface area contributed by atoms with Crippen LogP contribution in [-0.4, -0.2) is 67.4 Å². The highest BCUT2D eigenvalue weighted by Crippen LogP contribution is 2.14. The molecule has 1 heterocycles. The summed E-state index contributed by atoms with van der Waals surface area (Å²) in [5.41, 5.74) is 5.27. The van der Waals surface area contributed by atoms with Gasteiger partial charge >= 0.3 is 5.97 Å².